The third kappa shape index (κ3) is 7.51. The lowest BCUT2D eigenvalue weighted by molar-refractivity contribution is 0.416. The molecule has 0 aliphatic heterocycles. The van der Waals surface area contributed by atoms with Gasteiger partial charge in [0.05, 0.1) is 39.8 Å². The highest BCUT2D eigenvalue weighted by Gasteiger charge is 2.15. The van der Waals surface area contributed by atoms with Gasteiger partial charge in [-0.05, 0) is 79.4 Å². The zero-order valence-electron chi connectivity index (χ0n) is 27.2. The molecule has 6 heterocycles. The number of hydrogen-bond acceptors (Lipinski definition) is 10. The first-order valence-corrected chi connectivity index (χ1v) is 17.3. The second-order valence-corrected chi connectivity index (χ2v) is 12.9. The van der Waals surface area contributed by atoms with E-state index < -0.39 is 0 Å². The summed E-state index contributed by atoms with van der Waals surface area (Å²) in [5, 5.41) is 25.7. The normalized spacial score (nSPS) is 10.9. The van der Waals surface area contributed by atoms with Crippen molar-refractivity contribution in [3.05, 3.63) is 142 Å². The number of ether oxygens (including phenoxy) is 1. The van der Waals surface area contributed by atoms with Crippen LogP contribution in [0.25, 0.3) is 33.8 Å². The summed E-state index contributed by atoms with van der Waals surface area (Å²) in [5.74, 6) is 2.58. The highest BCUT2D eigenvalue weighted by Crippen LogP contribution is 2.33. The van der Waals surface area contributed by atoms with E-state index in [4.69, 9.17) is 9.72 Å². The van der Waals surface area contributed by atoms with E-state index in [1.807, 2.05) is 85.2 Å². The molecule has 0 aliphatic carbocycles. The van der Waals surface area contributed by atoms with Crippen LogP contribution in [0, 0.1) is 0 Å². The minimum Gasteiger partial charge on any atom is -0.507 e. The van der Waals surface area contributed by atoms with Crippen molar-refractivity contribution in [1.82, 2.24) is 39.2 Å². The average Bonchev–Trinajstić information content (AvgIpc) is 3.75. The number of phenols is 1. The summed E-state index contributed by atoms with van der Waals surface area (Å²) in [6.07, 6.45) is 10.6. The Bertz CT molecular complexity index is 2420. The Balaban J connectivity index is 0.000000159. The molecule has 6 aromatic heterocycles. The molecule has 0 amide bonds. The number of para-hydroxylation sites is 2. The number of halogens is 2. The van der Waals surface area contributed by atoms with Crippen LogP contribution in [0.3, 0.4) is 0 Å². The summed E-state index contributed by atoms with van der Waals surface area (Å²) in [6, 6.07) is 26.7. The minimum absolute atomic E-state index is 0.188. The zero-order chi connectivity index (χ0) is 35.2. The van der Waals surface area contributed by atoms with Gasteiger partial charge in [-0.1, -0.05) is 36.4 Å². The first kappa shape index (κ1) is 33.6. The Labute approximate surface area is 309 Å². The number of aromatic nitrogens is 8. The van der Waals surface area contributed by atoms with Gasteiger partial charge in [0.1, 0.15) is 23.1 Å². The summed E-state index contributed by atoms with van der Waals surface area (Å²) in [6.45, 7) is 1.24. The highest BCUT2D eigenvalue weighted by molar-refractivity contribution is 9.11. The number of methoxy groups -OCH3 is 1. The summed E-state index contributed by atoms with van der Waals surface area (Å²) in [4.78, 5) is 17.7. The van der Waals surface area contributed by atoms with Crippen molar-refractivity contribution >= 4 is 54.8 Å². The van der Waals surface area contributed by atoms with E-state index in [1.165, 1.54) is 0 Å². The fourth-order valence-electron chi connectivity index (χ4n) is 5.34. The average molecular weight is 807 g/mol. The van der Waals surface area contributed by atoms with Crippen molar-refractivity contribution in [1.29, 1.82) is 0 Å². The SMILES string of the molecule is COc1ccccc1-c1cc(NCc2cccnc2)n2ncc(Br)c2n1.Oc1ccccc1-c1cc(NCc2cccnc2)n2ncc(Br)c2n1. The molecule has 0 atom stereocenters. The number of pyridine rings is 2. The maximum Gasteiger partial charge on any atom is 0.172 e. The lowest BCUT2D eigenvalue weighted by Crippen LogP contribution is -2.07. The Morgan fingerprint density at radius 3 is 1.67 bits per heavy atom. The lowest BCUT2D eigenvalue weighted by atomic mass is 10.1. The van der Waals surface area contributed by atoms with Crippen LogP contribution < -0.4 is 15.4 Å². The monoisotopic (exact) mass is 804 g/mol. The van der Waals surface area contributed by atoms with Crippen LogP contribution in [-0.2, 0) is 13.1 Å². The van der Waals surface area contributed by atoms with E-state index in [2.05, 4.69) is 67.6 Å². The standard InChI is InChI=1S/C19H16BrN5O.C18H14BrN5O/c1-26-17-7-3-2-6-14(17)16-9-18(22-11-13-5-4-8-21-10-13)25-19(24-16)15(20)12-23-25;19-14-11-22-24-17(21-10-12-4-3-7-20-9-12)8-15(23-18(14)24)13-5-1-2-6-16(13)25/h2-10,12,22H,11H2,1H3;1-9,11,21,25H,10H2. The van der Waals surface area contributed by atoms with Gasteiger partial charge in [-0.2, -0.15) is 19.2 Å². The fraction of sp³-hybridized carbons (Fsp3) is 0.0811. The maximum absolute atomic E-state index is 10.2. The second kappa shape index (κ2) is 15.4. The van der Waals surface area contributed by atoms with E-state index in [0.29, 0.717) is 30.0 Å². The first-order valence-electron chi connectivity index (χ1n) is 15.7. The maximum atomic E-state index is 10.2. The summed E-state index contributed by atoms with van der Waals surface area (Å²) >= 11 is 7.00. The number of aromatic hydroxyl groups is 1. The number of nitrogens with zero attached hydrogens (tertiary/aromatic N) is 8. The topological polar surface area (TPSA) is 140 Å². The van der Waals surface area contributed by atoms with Gasteiger partial charge in [0.2, 0.25) is 0 Å². The molecule has 0 unspecified atom stereocenters. The molecular formula is C37H30Br2N10O2. The number of rotatable bonds is 9. The molecule has 254 valence electrons. The Kier molecular flexibility index (Phi) is 10.1. The number of nitrogens with one attached hydrogen (secondary N) is 2. The molecule has 0 saturated heterocycles. The highest BCUT2D eigenvalue weighted by atomic mass is 79.9. The number of hydrogen-bond donors (Lipinski definition) is 3. The van der Waals surface area contributed by atoms with Crippen LogP contribution in [0.15, 0.2) is 131 Å². The van der Waals surface area contributed by atoms with Crippen molar-refractivity contribution in [2.24, 2.45) is 0 Å². The molecule has 0 fully saturated rings. The van der Waals surface area contributed by atoms with Gasteiger partial charge < -0.3 is 20.5 Å². The predicted octanol–water partition coefficient (Wildman–Crippen LogP) is 8.05. The number of phenolic OH excluding ortho intramolecular Hbond substituents is 1. The Morgan fingerprint density at radius 2 is 1.16 bits per heavy atom. The molecule has 0 radical (unpaired) electrons. The van der Waals surface area contributed by atoms with Crippen LogP contribution in [0.5, 0.6) is 11.5 Å². The van der Waals surface area contributed by atoms with Crippen LogP contribution in [0.2, 0.25) is 0 Å². The zero-order valence-corrected chi connectivity index (χ0v) is 30.3. The smallest absolute Gasteiger partial charge is 0.172 e. The Morgan fingerprint density at radius 1 is 0.647 bits per heavy atom. The third-order valence-corrected chi connectivity index (χ3v) is 8.93. The molecule has 0 aliphatic rings. The molecular weight excluding hydrogens is 776 g/mol. The van der Waals surface area contributed by atoms with E-state index in [1.54, 1.807) is 53.1 Å². The predicted molar refractivity (Wildman–Crippen MR) is 204 cm³/mol. The molecule has 12 nitrogen and oxygen atoms in total. The summed E-state index contributed by atoms with van der Waals surface area (Å²) in [7, 11) is 1.66. The Hall–Kier alpha value is -5.86. The van der Waals surface area contributed by atoms with Gasteiger partial charge >= 0.3 is 0 Å². The van der Waals surface area contributed by atoms with Crippen LogP contribution >= 0.6 is 31.9 Å². The van der Waals surface area contributed by atoms with Gasteiger partial charge in [0.15, 0.2) is 11.3 Å². The van der Waals surface area contributed by atoms with E-state index in [9.17, 15) is 5.11 Å². The van der Waals surface area contributed by atoms with Gasteiger partial charge in [0.25, 0.3) is 0 Å². The first-order chi connectivity index (χ1) is 25.0. The third-order valence-electron chi connectivity index (χ3n) is 7.81. The van der Waals surface area contributed by atoms with Crippen LogP contribution in [-0.4, -0.2) is 51.4 Å². The van der Waals surface area contributed by atoms with Crippen molar-refractivity contribution in [3.63, 3.8) is 0 Å². The molecule has 0 spiro atoms. The van der Waals surface area contributed by atoms with Crippen LogP contribution in [0.1, 0.15) is 11.1 Å². The largest absolute Gasteiger partial charge is 0.507 e. The summed E-state index contributed by atoms with van der Waals surface area (Å²) < 4.78 is 10.6. The second-order valence-electron chi connectivity index (χ2n) is 11.2. The van der Waals surface area contributed by atoms with Crippen molar-refractivity contribution < 1.29 is 9.84 Å². The van der Waals surface area contributed by atoms with Crippen molar-refractivity contribution in [2.45, 2.75) is 13.1 Å². The fourth-order valence-corrected chi connectivity index (χ4v) is 6.03. The van der Waals surface area contributed by atoms with Crippen molar-refractivity contribution in [3.8, 4) is 34.0 Å². The molecule has 3 N–H and O–H groups in total. The van der Waals surface area contributed by atoms with Gasteiger partial charge in [-0.25, -0.2) is 9.97 Å². The quantitative estimate of drug-likeness (QED) is 0.131. The molecule has 8 rings (SSSR count). The van der Waals surface area contributed by atoms with E-state index in [0.717, 1.165) is 54.4 Å². The molecule has 0 saturated carbocycles. The molecule has 0 bridgehead atoms. The van der Waals surface area contributed by atoms with E-state index in [-0.39, 0.29) is 5.75 Å². The molecule has 2 aromatic carbocycles. The molecule has 8 aromatic rings. The number of anilines is 2. The van der Waals surface area contributed by atoms with E-state index >= 15 is 0 Å². The van der Waals surface area contributed by atoms with Gasteiger partial charge in [-0.3, -0.25) is 9.97 Å². The molecule has 14 heteroatoms. The number of fused-ring (bicyclic) bond motifs is 2. The lowest BCUT2D eigenvalue weighted by Gasteiger charge is -2.12. The minimum atomic E-state index is 0.188. The number of benzene rings is 2. The van der Waals surface area contributed by atoms with Gasteiger partial charge in [0, 0.05) is 61.1 Å². The summed E-state index contributed by atoms with van der Waals surface area (Å²) in [5.41, 5.74) is 6.63. The van der Waals surface area contributed by atoms with Crippen molar-refractivity contribution in [2.75, 3.05) is 17.7 Å². The van der Waals surface area contributed by atoms with Crippen LogP contribution in [0.4, 0.5) is 11.6 Å². The molecule has 51 heavy (non-hydrogen) atoms. The van der Waals surface area contributed by atoms with Gasteiger partial charge in [-0.15, -0.1) is 0 Å².